The molecule has 3 aliphatic rings. The van der Waals surface area contributed by atoms with E-state index in [9.17, 15) is 9.59 Å². The summed E-state index contributed by atoms with van der Waals surface area (Å²) in [6, 6.07) is 0.947. The summed E-state index contributed by atoms with van der Waals surface area (Å²) in [6.45, 7) is 27.7. The Kier molecular flexibility index (Phi) is 17.9. The summed E-state index contributed by atoms with van der Waals surface area (Å²) in [5, 5.41) is 14.5. The van der Waals surface area contributed by atoms with Gasteiger partial charge in [-0.3, -0.25) is 9.59 Å². The van der Waals surface area contributed by atoms with Gasteiger partial charge in [0.25, 0.3) is 0 Å². The first-order valence-electron chi connectivity index (χ1n) is 13.0. The van der Waals surface area contributed by atoms with Crippen LogP contribution in [0.25, 0.3) is 0 Å². The summed E-state index contributed by atoms with van der Waals surface area (Å²) >= 11 is 0. The molecule has 0 spiro atoms. The van der Waals surface area contributed by atoms with Gasteiger partial charge in [0, 0.05) is 17.6 Å². The maximum Gasteiger partial charge on any atom is 0.320 e. The molecule has 6 nitrogen and oxygen atoms in total. The SMILES string of the molecule is CC(C)C.CC(C)C.CC1C(=O)N(C(C)(C)C)C1C.CC1CCCN1.O=C(O)C1CCCN1. The van der Waals surface area contributed by atoms with Crippen molar-refractivity contribution in [2.45, 2.75) is 132 Å². The van der Waals surface area contributed by atoms with Gasteiger partial charge in [-0.25, -0.2) is 0 Å². The largest absolute Gasteiger partial charge is 0.480 e. The lowest BCUT2D eigenvalue weighted by atomic mass is 9.85. The lowest BCUT2D eigenvalue weighted by Gasteiger charge is -2.51. The van der Waals surface area contributed by atoms with Gasteiger partial charge >= 0.3 is 5.97 Å². The average Bonchev–Trinajstić information content (AvgIpc) is 3.34. The van der Waals surface area contributed by atoms with Crippen LogP contribution < -0.4 is 10.6 Å². The molecular weight excluding hydrogens is 414 g/mol. The van der Waals surface area contributed by atoms with E-state index in [1.165, 1.54) is 19.4 Å². The van der Waals surface area contributed by atoms with E-state index in [0.717, 1.165) is 37.3 Å². The Labute approximate surface area is 205 Å². The van der Waals surface area contributed by atoms with Crippen molar-refractivity contribution in [2.24, 2.45) is 17.8 Å². The van der Waals surface area contributed by atoms with E-state index in [0.29, 0.717) is 11.9 Å². The minimum atomic E-state index is -0.720. The zero-order valence-electron chi connectivity index (χ0n) is 23.9. The summed E-state index contributed by atoms with van der Waals surface area (Å²) in [4.78, 5) is 23.4. The van der Waals surface area contributed by atoms with Crippen molar-refractivity contribution < 1.29 is 14.7 Å². The molecule has 4 atom stereocenters. The Morgan fingerprint density at radius 3 is 1.48 bits per heavy atom. The summed E-state index contributed by atoms with van der Waals surface area (Å²) < 4.78 is 0. The van der Waals surface area contributed by atoms with Crippen LogP contribution in [0, 0.1) is 17.8 Å². The molecule has 0 aromatic heterocycles. The molecule has 3 heterocycles. The molecule has 33 heavy (non-hydrogen) atoms. The van der Waals surface area contributed by atoms with Crippen LogP contribution in [0.2, 0.25) is 0 Å². The second-order valence-corrected chi connectivity index (χ2v) is 11.9. The number of likely N-dealkylation sites (tertiary alicyclic amines) is 1. The topological polar surface area (TPSA) is 81.7 Å². The lowest BCUT2D eigenvalue weighted by molar-refractivity contribution is -0.162. The number of amides is 1. The third kappa shape index (κ3) is 17.0. The molecule has 0 aliphatic carbocycles. The van der Waals surface area contributed by atoms with Crippen LogP contribution in [0.5, 0.6) is 0 Å². The summed E-state index contributed by atoms with van der Waals surface area (Å²) in [5.74, 6) is 1.47. The van der Waals surface area contributed by atoms with Gasteiger partial charge in [-0.15, -0.1) is 0 Å². The molecule has 6 heteroatoms. The number of hydrogen-bond acceptors (Lipinski definition) is 4. The third-order valence-electron chi connectivity index (χ3n) is 5.15. The van der Waals surface area contributed by atoms with Crippen LogP contribution in [-0.2, 0) is 9.59 Å². The highest BCUT2D eigenvalue weighted by molar-refractivity contribution is 5.86. The van der Waals surface area contributed by atoms with E-state index in [-0.39, 0.29) is 17.5 Å². The molecule has 0 radical (unpaired) electrons. The van der Waals surface area contributed by atoms with E-state index in [4.69, 9.17) is 5.11 Å². The highest BCUT2D eigenvalue weighted by Gasteiger charge is 2.46. The number of β-lactam (4-membered cyclic amide) rings is 1. The molecule has 198 valence electrons. The third-order valence-corrected chi connectivity index (χ3v) is 5.15. The number of carboxylic acid groups (broad SMARTS) is 1. The first-order valence-corrected chi connectivity index (χ1v) is 13.0. The first kappa shape index (κ1) is 34.0. The molecule has 0 bridgehead atoms. The molecule has 3 rings (SSSR count). The van der Waals surface area contributed by atoms with Gasteiger partial charge < -0.3 is 20.6 Å². The standard InChI is InChI=1S/C9H17NO.C5H9NO2.C5H11N.2C4H10/c1-6-7(2)10(8(6)11)9(3,4)5;7-5(8)4-2-1-3-6-4;1-5-3-2-4-6-5;2*1-4(2)3/h6-7H,1-5H3;4,6H,1-3H2,(H,7,8);5-6H,2-4H2,1H3;2*4H,1-3H3. The van der Waals surface area contributed by atoms with Gasteiger partial charge in [-0.05, 0) is 85.2 Å². The Hall–Kier alpha value is -1.14. The maximum absolute atomic E-state index is 11.3. The summed E-state index contributed by atoms with van der Waals surface area (Å²) in [6.07, 6.45) is 4.54. The van der Waals surface area contributed by atoms with Gasteiger partial charge in [0.05, 0.1) is 5.92 Å². The zero-order valence-corrected chi connectivity index (χ0v) is 23.9. The average molecular weight is 472 g/mol. The van der Waals surface area contributed by atoms with Crippen molar-refractivity contribution >= 4 is 11.9 Å². The smallest absolute Gasteiger partial charge is 0.320 e. The van der Waals surface area contributed by atoms with Crippen molar-refractivity contribution in [3.8, 4) is 0 Å². The van der Waals surface area contributed by atoms with E-state index < -0.39 is 5.97 Å². The fraction of sp³-hybridized carbons (Fsp3) is 0.926. The Morgan fingerprint density at radius 1 is 0.909 bits per heavy atom. The molecule has 3 aliphatic heterocycles. The second kappa shape index (κ2) is 17.3. The molecule has 4 unspecified atom stereocenters. The van der Waals surface area contributed by atoms with Crippen LogP contribution >= 0.6 is 0 Å². The summed E-state index contributed by atoms with van der Waals surface area (Å²) in [7, 11) is 0. The second-order valence-electron chi connectivity index (χ2n) is 11.9. The van der Waals surface area contributed by atoms with Gasteiger partial charge in [-0.2, -0.15) is 0 Å². The van der Waals surface area contributed by atoms with Gasteiger partial charge in [-0.1, -0.05) is 48.5 Å². The molecule has 0 saturated carbocycles. The molecule has 0 aromatic rings. The predicted octanol–water partition coefficient (Wildman–Crippen LogP) is 5.56. The van der Waals surface area contributed by atoms with E-state index in [1.54, 1.807) is 0 Å². The number of carbonyl (C=O) groups is 2. The Morgan fingerprint density at radius 2 is 1.33 bits per heavy atom. The summed E-state index contributed by atoms with van der Waals surface area (Å²) in [5.41, 5.74) is 0.00299. The van der Waals surface area contributed by atoms with Crippen molar-refractivity contribution in [3.05, 3.63) is 0 Å². The van der Waals surface area contributed by atoms with Gasteiger partial charge in [0.15, 0.2) is 0 Å². The number of nitrogens with zero attached hydrogens (tertiary/aromatic N) is 1. The Bertz CT molecular complexity index is 506. The van der Waals surface area contributed by atoms with E-state index in [1.807, 2.05) is 11.8 Å². The minimum absolute atomic E-state index is 0.00299. The lowest BCUT2D eigenvalue weighted by Crippen LogP contribution is -2.65. The number of rotatable bonds is 1. The number of carbonyl (C=O) groups excluding carboxylic acids is 1. The fourth-order valence-electron chi connectivity index (χ4n) is 3.46. The van der Waals surface area contributed by atoms with Crippen LogP contribution in [0.15, 0.2) is 0 Å². The van der Waals surface area contributed by atoms with Crippen molar-refractivity contribution in [1.29, 1.82) is 0 Å². The van der Waals surface area contributed by atoms with E-state index in [2.05, 4.69) is 86.8 Å². The van der Waals surface area contributed by atoms with Crippen molar-refractivity contribution in [2.75, 3.05) is 13.1 Å². The van der Waals surface area contributed by atoms with Crippen LogP contribution in [0.1, 0.15) is 109 Å². The maximum atomic E-state index is 11.3. The molecular formula is C27H57N3O3. The van der Waals surface area contributed by atoms with Crippen molar-refractivity contribution in [1.82, 2.24) is 15.5 Å². The van der Waals surface area contributed by atoms with Crippen LogP contribution in [0.4, 0.5) is 0 Å². The zero-order chi connectivity index (χ0) is 26.4. The Balaban J connectivity index is 0. The molecule has 3 saturated heterocycles. The molecule has 3 N–H and O–H groups in total. The number of hydrogen-bond donors (Lipinski definition) is 3. The first-order chi connectivity index (χ1) is 15.0. The molecule has 3 fully saturated rings. The highest BCUT2D eigenvalue weighted by Crippen LogP contribution is 2.32. The quantitative estimate of drug-likeness (QED) is 0.436. The van der Waals surface area contributed by atoms with Gasteiger partial charge in [0.2, 0.25) is 5.91 Å². The van der Waals surface area contributed by atoms with Crippen LogP contribution in [0.3, 0.4) is 0 Å². The number of carboxylic acids is 1. The number of nitrogens with one attached hydrogen (secondary N) is 2. The number of aliphatic carboxylic acids is 1. The van der Waals surface area contributed by atoms with E-state index >= 15 is 0 Å². The van der Waals surface area contributed by atoms with Crippen molar-refractivity contribution in [3.63, 3.8) is 0 Å². The van der Waals surface area contributed by atoms with Crippen LogP contribution in [-0.4, -0.2) is 58.6 Å². The predicted molar refractivity (Wildman–Crippen MR) is 142 cm³/mol. The fourth-order valence-corrected chi connectivity index (χ4v) is 3.46. The molecule has 0 aromatic carbocycles. The monoisotopic (exact) mass is 471 g/mol. The minimum Gasteiger partial charge on any atom is -0.480 e. The molecule has 1 amide bonds. The highest BCUT2D eigenvalue weighted by atomic mass is 16.4. The normalized spacial score (nSPS) is 26.0. The van der Waals surface area contributed by atoms with Gasteiger partial charge in [0.1, 0.15) is 6.04 Å².